The zero-order valence-corrected chi connectivity index (χ0v) is 19.5. The molecule has 3 aromatic rings. The van der Waals surface area contributed by atoms with E-state index in [1.54, 1.807) is 42.5 Å². The highest BCUT2D eigenvalue weighted by Gasteiger charge is 2.35. The topological polar surface area (TPSA) is 64.4 Å². The predicted molar refractivity (Wildman–Crippen MR) is 127 cm³/mol. The number of anilines is 1. The number of nitriles is 1. The van der Waals surface area contributed by atoms with Crippen LogP contribution in [0.25, 0.3) is 0 Å². The fourth-order valence-corrected chi connectivity index (χ4v) is 5.87. The molecule has 1 atom stereocenters. The molecule has 0 spiro atoms. The molecule has 3 aromatic carbocycles. The van der Waals surface area contributed by atoms with E-state index < -0.39 is 10.0 Å². The molecule has 1 saturated heterocycles. The van der Waals surface area contributed by atoms with Crippen molar-refractivity contribution in [1.82, 2.24) is 4.31 Å². The van der Waals surface area contributed by atoms with Crippen molar-refractivity contribution in [2.24, 2.45) is 0 Å². The first-order valence-corrected chi connectivity index (χ1v) is 12.3. The second-order valence-electron chi connectivity index (χ2n) is 7.61. The van der Waals surface area contributed by atoms with Crippen LogP contribution in [0.5, 0.6) is 0 Å². The van der Waals surface area contributed by atoms with Crippen LogP contribution in [0.4, 0.5) is 5.69 Å². The van der Waals surface area contributed by atoms with E-state index >= 15 is 0 Å². The summed E-state index contributed by atoms with van der Waals surface area (Å²) in [6.07, 6.45) is 0.661. The van der Waals surface area contributed by atoms with Crippen LogP contribution in [-0.2, 0) is 16.6 Å². The number of halogens is 2. The number of nitrogens with zero attached hydrogens (tertiary/aromatic N) is 3. The van der Waals surface area contributed by atoms with Gasteiger partial charge in [0.2, 0.25) is 10.0 Å². The summed E-state index contributed by atoms with van der Waals surface area (Å²) >= 11 is 12.7. The molecule has 0 amide bonds. The van der Waals surface area contributed by atoms with E-state index in [4.69, 9.17) is 23.2 Å². The van der Waals surface area contributed by atoms with Gasteiger partial charge in [-0.2, -0.15) is 9.57 Å². The van der Waals surface area contributed by atoms with Crippen molar-refractivity contribution >= 4 is 38.9 Å². The number of benzene rings is 3. The highest BCUT2D eigenvalue weighted by Crippen LogP contribution is 2.32. The van der Waals surface area contributed by atoms with Crippen LogP contribution in [0.15, 0.2) is 77.7 Å². The van der Waals surface area contributed by atoms with Crippen LogP contribution in [0.3, 0.4) is 0 Å². The average Bonchev–Trinajstić information content (AvgIpc) is 3.30. The van der Waals surface area contributed by atoms with Crippen molar-refractivity contribution in [2.45, 2.75) is 23.9 Å². The number of hydrogen-bond donors (Lipinski definition) is 0. The van der Waals surface area contributed by atoms with Gasteiger partial charge in [0.05, 0.1) is 15.5 Å². The molecule has 0 N–H and O–H groups in total. The smallest absolute Gasteiger partial charge is 0.243 e. The summed E-state index contributed by atoms with van der Waals surface area (Å²) in [7, 11) is -3.58. The van der Waals surface area contributed by atoms with Gasteiger partial charge in [-0.25, -0.2) is 8.42 Å². The molecule has 0 radical (unpaired) electrons. The lowest BCUT2D eigenvalue weighted by Gasteiger charge is -2.32. The number of rotatable bonds is 6. The number of hydrogen-bond acceptors (Lipinski definition) is 4. The Hall–Kier alpha value is -2.56. The first kappa shape index (κ1) is 22.6. The van der Waals surface area contributed by atoms with Crippen molar-refractivity contribution in [1.29, 1.82) is 5.26 Å². The minimum Gasteiger partial charge on any atom is -0.363 e. The van der Waals surface area contributed by atoms with E-state index in [0.29, 0.717) is 46.6 Å². The summed E-state index contributed by atoms with van der Waals surface area (Å²) in [6, 6.07) is 23.3. The summed E-state index contributed by atoms with van der Waals surface area (Å²) in [5, 5.41) is 10.2. The molecule has 4 rings (SSSR count). The van der Waals surface area contributed by atoms with Crippen molar-refractivity contribution in [3.63, 3.8) is 0 Å². The average molecular weight is 486 g/mol. The quantitative estimate of drug-likeness (QED) is 0.472. The lowest BCUT2D eigenvalue weighted by Crippen LogP contribution is -2.38. The summed E-state index contributed by atoms with van der Waals surface area (Å²) in [5.74, 6) is 0. The van der Waals surface area contributed by atoms with Crippen LogP contribution in [0, 0.1) is 11.3 Å². The van der Waals surface area contributed by atoms with E-state index in [0.717, 1.165) is 11.3 Å². The highest BCUT2D eigenvalue weighted by atomic mass is 35.5. The number of sulfonamides is 1. The van der Waals surface area contributed by atoms with E-state index in [-0.39, 0.29) is 6.04 Å². The standard InChI is InChI=1S/C24H21Cl2N3O2S/c25-23-9-5-4-6-19(23)16-29(20-11-10-18(15-27)24(26)14-20)21-12-13-28(17-21)32(30,31)22-7-2-1-3-8-22/h1-11,14,21H,12-13,16-17H2/t21-/m0/s1. The Balaban J connectivity index is 1.66. The van der Waals surface area contributed by atoms with Crippen molar-refractivity contribution in [3.8, 4) is 6.07 Å². The van der Waals surface area contributed by atoms with Gasteiger partial charge in [-0.15, -0.1) is 0 Å². The molecule has 0 aromatic heterocycles. The maximum Gasteiger partial charge on any atom is 0.243 e. The van der Waals surface area contributed by atoms with Gasteiger partial charge in [0.1, 0.15) is 6.07 Å². The van der Waals surface area contributed by atoms with Gasteiger partial charge in [-0.05, 0) is 48.4 Å². The molecule has 0 unspecified atom stereocenters. The lowest BCUT2D eigenvalue weighted by atomic mass is 10.1. The van der Waals surface area contributed by atoms with Gasteiger partial charge in [0.15, 0.2) is 0 Å². The molecule has 1 aliphatic rings. The van der Waals surface area contributed by atoms with Gasteiger partial charge in [-0.3, -0.25) is 0 Å². The minimum absolute atomic E-state index is 0.0752. The van der Waals surface area contributed by atoms with Gasteiger partial charge in [-0.1, -0.05) is 59.6 Å². The summed E-state index contributed by atoms with van der Waals surface area (Å²) in [6.45, 7) is 1.26. The Bertz CT molecular complexity index is 1260. The Morgan fingerprint density at radius 3 is 2.41 bits per heavy atom. The third-order valence-electron chi connectivity index (χ3n) is 5.65. The predicted octanol–water partition coefficient (Wildman–Crippen LogP) is 5.33. The molecule has 32 heavy (non-hydrogen) atoms. The van der Waals surface area contributed by atoms with Crippen LogP contribution < -0.4 is 4.90 Å². The molecular formula is C24H21Cl2N3O2S. The van der Waals surface area contributed by atoms with Gasteiger partial charge in [0, 0.05) is 36.4 Å². The molecule has 1 fully saturated rings. The Kier molecular flexibility index (Phi) is 6.73. The molecule has 5 nitrogen and oxygen atoms in total. The molecule has 1 heterocycles. The van der Waals surface area contributed by atoms with Crippen molar-refractivity contribution in [2.75, 3.05) is 18.0 Å². The molecule has 164 valence electrons. The maximum absolute atomic E-state index is 13.1. The zero-order valence-electron chi connectivity index (χ0n) is 17.2. The van der Waals surface area contributed by atoms with Crippen LogP contribution in [-0.4, -0.2) is 31.9 Å². The lowest BCUT2D eigenvalue weighted by molar-refractivity contribution is 0.468. The molecule has 1 aliphatic heterocycles. The highest BCUT2D eigenvalue weighted by molar-refractivity contribution is 7.89. The Morgan fingerprint density at radius 2 is 1.72 bits per heavy atom. The summed E-state index contributed by atoms with van der Waals surface area (Å²) in [5.41, 5.74) is 2.14. The SMILES string of the molecule is N#Cc1ccc(N(Cc2ccccc2Cl)[C@H]2CCN(S(=O)(=O)c3ccccc3)C2)cc1Cl. The molecule has 0 aliphatic carbocycles. The van der Waals surface area contributed by atoms with Gasteiger partial charge < -0.3 is 4.90 Å². The third-order valence-corrected chi connectivity index (χ3v) is 8.21. The second-order valence-corrected chi connectivity index (χ2v) is 10.4. The second kappa shape index (κ2) is 9.51. The monoisotopic (exact) mass is 485 g/mol. The fourth-order valence-electron chi connectivity index (χ4n) is 3.94. The fraction of sp³-hybridized carbons (Fsp3) is 0.208. The Morgan fingerprint density at radius 1 is 1.00 bits per heavy atom. The molecular weight excluding hydrogens is 465 g/mol. The maximum atomic E-state index is 13.1. The van der Waals surface area contributed by atoms with Crippen molar-refractivity contribution < 1.29 is 8.42 Å². The van der Waals surface area contributed by atoms with Gasteiger partial charge in [0.25, 0.3) is 0 Å². The third kappa shape index (κ3) is 4.62. The Labute approximate surface area is 198 Å². The van der Waals surface area contributed by atoms with Crippen LogP contribution in [0.2, 0.25) is 10.0 Å². The van der Waals surface area contributed by atoms with Crippen molar-refractivity contribution in [3.05, 3.63) is 94.0 Å². The first-order valence-electron chi connectivity index (χ1n) is 10.1. The van der Waals surface area contributed by atoms with Crippen LogP contribution >= 0.6 is 23.2 Å². The van der Waals surface area contributed by atoms with Crippen LogP contribution in [0.1, 0.15) is 17.5 Å². The van der Waals surface area contributed by atoms with E-state index in [9.17, 15) is 13.7 Å². The normalized spacial score (nSPS) is 16.6. The largest absolute Gasteiger partial charge is 0.363 e. The van der Waals surface area contributed by atoms with E-state index in [2.05, 4.69) is 11.0 Å². The van der Waals surface area contributed by atoms with E-state index in [1.807, 2.05) is 30.3 Å². The first-order chi connectivity index (χ1) is 15.4. The summed E-state index contributed by atoms with van der Waals surface area (Å²) in [4.78, 5) is 2.41. The summed E-state index contributed by atoms with van der Waals surface area (Å²) < 4.78 is 27.8. The van der Waals surface area contributed by atoms with E-state index in [1.165, 1.54) is 4.31 Å². The molecule has 0 bridgehead atoms. The molecule has 0 saturated carbocycles. The minimum atomic E-state index is -3.58. The molecule has 8 heteroatoms. The van der Waals surface area contributed by atoms with Gasteiger partial charge >= 0.3 is 0 Å². The zero-order chi connectivity index (χ0) is 22.7.